The van der Waals surface area contributed by atoms with Gasteiger partial charge < -0.3 is 5.11 Å². The smallest absolute Gasteiger partial charge is 0.305 e. The summed E-state index contributed by atoms with van der Waals surface area (Å²) in [6.45, 7) is 2.53. The minimum atomic E-state index is -0.819. The van der Waals surface area contributed by atoms with Gasteiger partial charge >= 0.3 is 5.97 Å². The molecule has 6 nitrogen and oxygen atoms in total. The van der Waals surface area contributed by atoms with Crippen LogP contribution < -0.4 is 0 Å². The maximum atomic E-state index is 10.6. The molecular weight excluding hydrogens is 220 g/mol. The first-order valence-corrected chi connectivity index (χ1v) is 6.10. The molecule has 1 fully saturated rings. The summed E-state index contributed by atoms with van der Waals surface area (Å²) >= 11 is 0. The SMILES string of the molecule is CC1(c2nnnn2CCC(=O)O)CCCCC1. The summed E-state index contributed by atoms with van der Waals surface area (Å²) in [4.78, 5) is 10.6. The Labute approximate surface area is 100 Å². The molecule has 1 aromatic rings. The predicted octanol–water partition coefficient (Wildman–Crippen LogP) is 1.37. The molecule has 0 unspecified atom stereocenters. The zero-order valence-electron chi connectivity index (χ0n) is 10.1. The van der Waals surface area contributed by atoms with E-state index in [0.717, 1.165) is 18.7 Å². The van der Waals surface area contributed by atoms with E-state index in [0.29, 0.717) is 6.54 Å². The van der Waals surface area contributed by atoms with E-state index in [1.54, 1.807) is 4.68 Å². The Morgan fingerprint density at radius 1 is 1.41 bits per heavy atom. The molecule has 0 saturated heterocycles. The number of nitrogens with zero attached hydrogens (tertiary/aromatic N) is 4. The van der Waals surface area contributed by atoms with E-state index in [4.69, 9.17) is 5.11 Å². The predicted molar refractivity (Wildman–Crippen MR) is 60.5 cm³/mol. The van der Waals surface area contributed by atoms with E-state index < -0.39 is 5.97 Å². The van der Waals surface area contributed by atoms with Gasteiger partial charge in [-0.3, -0.25) is 4.79 Å². The summed E-state index contributed by atoms with van der Waals surface area (Å²) in [5.74, 6) is 0.0266. The molecule has 0 aromatic carbocycles. The Morgan fingerprint density at radius 3 is 2.76 bits per heavy atom. The van der Waals surface area contributed by atoms with Gasteiger partial charge in [0, 0.05) is 5.41 Å². The molecule has 0 spiro atoms. The minimum absolute atomic E-state index is 0.0141. The highest BCUT2D eigenvalue weighted by atomic mass is 16.4. The number of rotatable bonds is 4. The van der Waals surface area contributed by atoms with Gasteiger partial charge in [-0.15, -0.1) is 5.10 Å². The molecule has 6 heteroatoms. The van der Waals surface area contributed by atoms with Gasteiger partial charge in [-0.2, -0.15) is 0 Å². The number of carbonyl (C=O) groups is 1. The molecule has 0 bridgehead atoms. The van der Waals surface area contributed by atoms with Crippen molar-refractivity contribution >= 4 is 5.97 Å². The van der Waals surface area contributed by atoms with E-state index in [1.165, 1.54) is 19.3 Å². The van der Waals surface area contributed by atoms with Crippen LogP contribution in [-0.4, -0.2) is 31.3 Å². The zero-order chi connectivity index (χ0) is 12.3. The van der Waals surface area contributed by atoms with Gasteiger partial charge in [0.1, 0.15) is 0 Å². The molecule has 1 N–H and O–H groups in total. The molecule has 0 atom stereocenters. The fourth-order valence-corrected chi connectivity index (χ4v) is 2.54. The number of tetrazole rings is 1. The lowest BCUT2D eigenvalue weighted by atomic mass is 9.75. The van der Waals surface area contributed by atoms with Crippen LogP contribution in [0.2, 0.25) is 0 Å². The zero-order valence-corrected chi connectivity index (χ0v) is 10.1. The third-order valence-corrected chi connectivity index (χ3v) is 3.57. The average molecular weight is 238 g/mol. The number of hydrogen-bond donors (Lipinski definition) is 1. The van der Waals surface area contributed by atoms with Gasteiger partial charge in [-0.25, -0.2) is 4.68 Å². The van der Waals surface area contributed by atoms with E-state index in [2.05, 4.69) is 22.4 Å². The first-order valence-electron chi connectivity index (χ1n) is 6.10. The Kier molecular flexibility index (Phi) is 3.40. The fourth-order valence-electron chi connectivity index (χ4n) is 2.54. The number of aromatic nitrogens is 4. The van der Waals surface area contributed by atoms with Crippen molar-refractivity contribution in [3.63, 3.8) is 0 Å². The molecule has 0 amide bonds. The molecular formula is C11H18N4O2. The fraction of sp³-hybridized carbons (Fsp3) is 0.818. The second kappa shape index (κ2) is 4.81. The highest BCUT2D eigenvalue weighted by Gasteiger charge is 2.34. The lowest BCUT2D eigenvalue weighted by Crippen LogP contribution is -2.30. The summed E-state index contributed by atoms with van der Waals surface area (Å²) in [7, 11) is 0. The molecule has 1 aromatic heterocycles. The van der Waals surface area contributed by atoms with Crippen LogP contribution in [-0.2, 0) is 16.8 Å². The van der Waals surface area contributed by atoms with E-state index in [9.17, 15) is 4.79 Å². The van der Waals surface area contributed by atoms with Gasteiger partial charge in [0.15, 0.2) is 5.82 Å². The van der Waals surface area contributed by atoms with E-state index in [-0.39, 0.29) is 11.8 Å². The Hall–Kier alpha value is -1.46. The number of carboxylic acid groups (broad SMARTS) is 1. The molecule has 1 saturated carbocycles. The van der Waals surface area contributed by atoms with Crippen molar-refractivity contribution in [2.45, 2.75) is 57.4 Å². The Bertz CT molecular complexity index is 396. The van der Waals surface area contributed by atoms with Gasteiger partial charge in [-0.1, -0.05) is 26.2 Å². The van der Waals surface area contributed by atoms with Crippen molar-refractivity contribution in [2.75, 3.05) is 0 Å². The standard InChI is InChI=1S/C11H18N4O2/c1-11(6-3-2-4-7-11)10-12-13-14-15(10)8-5-9(16)17/h2-8H2,1H3,(H,16,17). The van der Waals surface area contributed by atoms with Crippen LogP contribution in [0.15, 0.2) is 0 Å². The molecule has 0 aliphatic heterocycles. The summed E-state index contributed by atoms with van der Waals surface area (Å²) in [6.07, 6.45) is 5.89. The third-order valence-electron chi connectivity index (χ3n) is 3.57. The van der Waals surface area contributed by atoms with Gasteiger partial charge in [0.2, 0.25) is 0 Å². The van der Waals surface area contributed by atoms with Gasteiger partial charge in [0.25, 0.3) is 0 Å². The van der Waals surface area contributed by atoms with Crippen molar-refractivity contribution in [2.24, 2.45) is 0 Å². The number of aliphatic carboxylic acids is 1. The third kappa shape index (κ3) is 2.62. The molecule has 17 heavy (non-hydrogen) atoms. The van der Waals surface area contributed by atoms with Crippen LogP contribution >= 0.6 is 0 Å². The van der Waals surface area contributed by atoms with Crippen LogP contribution in [0, 0.1) is 0 Å². The van der Waals surface area contributed by atoms with Crippen molar-refractivity contribution in [3.8, 4) is 0 Å². The second-order valence-electron chi connectivity index (χ2n) is 4.99. The maximum absolute atomic E-state index is 10.6. The van der Waals surface area contributed by atoms with Crippen molar-refractivity contribution in [1.82, 2.24) is 20.2 Å². The van der Waals surface area contributed by atoms with Crippen molar-refractivity contribution in [1.29, 1.82) is 0 Å². The number of aryl methyl sites for hydroxylation is 1. The minimum Gasteiger partial charge on any atom is -0.481 e. The highest BCUT2D eigenvalue weighted by Crippen LogP contribution is 2.37. The molecule has 0 radical (unpaired) electrons. The van der Waals surface area contributed by atoms with Crippen LogP contribution in [0.3, 0.4) is 0 Å². The molecule has 1 heterocycles. The average Bonchev–Trinajstić information content (AvgIpc) is 2.76. The monoisotopic (exact) mass is 238 g/mol. The first kappa shape index (κ1) is 12.0. The highest BCUT2D eigenvalue weighted by molar-refractivity contribution is 5.66. The van der Waals surface area contributed by atoms with Crippen molar-refractivity contribution < 1.29 is 9.90 Å². The molecule has 1 aliphatic rings. The number of carboxylic acids is 1. The largest absolute Gasteiger partial charge is 0.481 e. The van der Waals surface area contributed by atoms with Crippen LogP contribution in [0.4, 0.5) is 0 Å². The van der Waals surface area contributed by atoms with Crippen LogP contribution in [0.1, 0.15) is 51.3 Å². The molecule has 1 aliphatic carbocycles. The van der Waals surface area contributed by atoms with E-state index in [1.807, 2.05) is 0 Å². The quantitative estimate of drug-likeness (QED) is 0.856. The molecule has 94 valence electrons. The summed E-state index contributed by atoms with van der Waals surface area (Å²) in [5, 5.41) is 20.4. The maximum Gasteiger partial charge on any atom is 0.305 e. The van der Waals surface area contributed by atoms with E-state index >= 15 is 0 Å². The lowest BCUT2D eigenvalue weighted by molar-refractivity contribution is -0.137. The normalized spacial score (nSPS) is 19.1. The lowest BCUT2D eigenvalue weighted by Gasteiger charge is -2.31. The van der Waals surface area contributed by atoms with Crippen LogP contribution in [0.25, 0.3) is 0 Å². The Morgan fingerprint density at radius 2 is 2.12 bits per heavy atom. The topological polar surface area (TPSA) is 80.9 Å². The number of hydrogen-bond acceptors (Lipinski definition) is 4. The molecule has 2 rings (SSSR count). The first-order chi connectivity index (χ1) is 8.12. The van der Waals surface area contributed by atoms with Crippen LogP contribution in [0.5, 0.6) is 0 Å². The summed E-state index contributed by atoms with van der Waals surface area (Å²) in [5.41, 5.74) is 0.0141. The van der Waals surface area contributed by atoms with Gasteiger partial charge in [-0.05, 0) is 23.3 Å². The van der Waals surface area contributed by atoms with Crippen molar-refractivity contribution in [3.05, 3.63) is 5.82 Å². The second-order valence-corrected chi connectivity index (χ2v) is 4.99. The summed E-state index contributed by atoms with van der Waals surface area (Å²) < 4.78 is 1.65. The van der Waals surface area contributed by atoms with Gasteiger partial charge in [0.05, 0.1) is 13.0 Å². The summed E-state index contributed by atoms with van der Waals surface area (Å²) in [6, 6.07) is 0. The Balaban J connectivity index is 2.14.